The number of ether oxygens (including phenoxy) is 1. The molecule has 0 amide bonds. The number of hydrogen-bond acceptors (Lipinski definition) is 5. The zero-order valence-corrected chi connectivity index (χ0v) is 9.84. The first kappa shape index (κ1) is 12.9. The minimum atomic E-state index is -4.17. The summed E-state index contributed by atoms with van der Waals surface area (Å²) in [7, 11) is 2.28. The normalized spacial score (nSPS) is 11.6. The molecule has 1 aromatic heterocycles. The van der Waals surface area contributed by atoms with Crippen LogP contribution in [-0.2, 0) is 20.3 Å². The molecular weight excluding hydrogens is 260 g/mol. The van der Waals surface area contributed by atoms with E-state index in [0.717, 1.165) is 10.8 Å². The molecule has 1 heterocycles. The molecule has 7 nitrogen and oxygen atoms in total. The zero-order chi connectivity index (χ0) is 12.3. The van der Waals surface area contributed by atoms with E-state index in [1.807, 2.05) is 4.98 Å². The molecule has 0 aromatic carbocycles. The highest BCUT2D eigenvalue weighted by molar-refractivity contribution is 8.13. The average molecular weight is 269 g/mol. The molecule has 9 heteroatoms. The van der Waals surface area contributed by atoms with Gasteiger partial charge in [0, 0.05) is 24.0 Å². The van der Waals surface area contributed by atoms with Crippen molar-refractivity contribution in [2.24, 2.45) is 0 Å². The van der Waals surface area contributed by atoms with E-state index in [9.17, 15) is 18.0 Å². The predicted octanol–water partition coefficient (Wildman–Crippen LogP) is -0.889. The summed E-state index contributed by atoms with van der Waals surface area (Å²) in [4.78, 5) is 23.6. The lowest BCUT2D eigenvalue weighted by molar-refractivity contribution is 0.185. The van der Waals surface area contributed by atoms with Crippen molar-refractivity contribution in [2.75, 3.05) is 13.7 Å². The molecule has 1 rings (SSSR count). The largest absolute Gasteiger partial charge is 0.383 e. The SMILES string of the molecule is COCCn1cc(S(=O)(=O)Cl)c(=O)[nH]c1=O. The van der Waals surface area contributed by atoms with E-state index in [4.69, 9.17) is 15.4 Å². The Morgan fingerprint density at radius 3 is 2.62 bits per heavy atom. The van der Waals surface area contributed by atoms with Crippen LogP contribution in [0.25, 0.3) is 0 Å². The topological polar surface area (TPSA) is 98.2 Å². The molecule has 0 bridgehead atoms. The second-order valence-corrected chi connectivity index (χ2v) is 5.41. The summed E-state index contributed by atoms with van der Waals surface area (Å²) in [6.07, 6.45) is 0.891. The van der Waals surface area contributed by atoms with E-state index >= 15 is 0 Å². The first-order valence-electron chi connectivity index (χ1n) is 4.13. The van der Waals surface area contributed by atoms with Crippen LogP contribution in [0.5, 0.6) is 0 Å². The maximum Gasteiger partial charge on any atom is 0.328 e. The van der Waals surface area contributed by atoms with Crippen LogP contribution < -0.4 is 11.2 Å². The number of H-pyrrole nitrogens is 1. The summed E-state index contributed by atoms with van der Waals surface area (Å²) in [5, 5.41) is 0. The molecule has 90 valence electrons. The van der Waals surface area contributed by atoms with Gasteiger partial charge in [-0.1, -0.05) is 0 Å². The van der Waals surface area contributed by atoms with E-state index < -0.39 is 25.2 Å². The maximum absolute atomic E-state index is 11.2. The Morgan fingerprint density at radius 1 is 1.50 bits per heavy atom. The van der Waals surface area contributed by atoms with Gasteiger partial charge >= 0.3 is 5.69 Å². The monoisotopic (exact) mass is 268 g/mol. The van der Waals surface area contributed by atoms with Crippen LogP contribution in [-0.4, -0.2) is 31.7 Å². The summed E-state index contributed by atoms with van der Waals surface area (Å²) >= 11 is 0. The Morgan fingerprint density at radius 2 is 2.12 bits per heavy atom. The first-order chi connectivity index (χ1) is 7.36. The van der Waals surface area contributed by atoms with Gasteiger partial charge in [0.15, 0.2) is 4.90 Å². The van der Waals surface area contributed by atoms with Crippen molar-refractivity contribution in [1.82, 2.24) is 9.55 Å². The molecule has 0 fully saturated rings. The Balaban J connectivity index is 3.34. The van der Waals surface area contributed by atoms with Gasteiger partial charge in [0.1, 0.15) is 0 Å². The van der Waals surface area contributed by atoms with Gasteiger partial charge in [-0.05, 0) is 0 Å². The van der Waals surface area contributed by atoms with Crippen molar-refractivity contribution >= 4 is 19.7 Å². The summed E-state index contributed by atoms with van der Waals surface area (Å²) in [5.74, 6) is 0. The van der Waals surface area contributed by atoms with Crippen LogP contribution in [0.2, 0.25) is 0 Å². The molecule has 1 N–H and O–H groups in total. The molecule has 0 aliphatic carbocycles. The molecule has 1 aromatic rings. The van der Waals surface area contributed by atoms with Gasteiger partial charge in [0.2, 0.25) is 0 Å². The summed E-state index contributed by atoms with van der Waals surface area (Å²) in [6.45, 7) is 0.319. The highest BCUT2D eigenvalue weighted by atomic mass is 35.7. The minimum Gasteiger partial charge on any atom is -0.383 e. The van der Waals surface area contributed by atoms with Gasteiger partial charge in [-0.25, -0.2) is 13.2 Å². The van der Waals surface area contributed by atoms with Gasteiger partial charge in [-0.3, -0.25) is 14.3 Å². The van der Waals surface area contributed by atoms with Crippen molar-refractivity contribution in [1.29, 1.82) is 0 Å². The lowest BCUT2D eigenvalue weighted by atomic mass is 10.6. The number of halogens is 1. The number of hydrogen-bond donors (Lipinski definition) is 1. The number of methoxy groups -OCH3 is 1. The predicted molar refractivity (Wildman–Crippen MR) is 56.2 cm³/mol. The lowest BCUT2D eigenvalue weighted by Crippen LogP contribution is -2.33. The maximum atomic E-state index is 11.2. The molecule has 0 atom stereocenters. The van der Waals surface area contributed by atoms with Crippen LogP contribution >= 0.6 is 10.7 Å². The number of nitrogens with zero attached hydrogens (tertiary/aromatic N) is 1. The molecule has 0 aliphatic heterocycles. The quantitative estimate of drug-likeness (QED) is 0.715. The summed E-state index contributed by atoms with van der Waals surface area (Å²) < 4.78 is 27.7. The van der Waals surface area contributed by atoms with Crippen molar-refractivity contribution in [3.63, 3.8) is 0 Å². The third-order valence-corrected chi connectivity index (χ3v) is 3.09. The van der Waals surface area contributed by atoms with Gasteiger partial charge < -0.3 is 4.74 Å². The third kappa shape index (κ3) is 2.94. The van der Waals surface area contributed by atoms with E-state index in [2.05, 4.69) is 0 Å². The average Bonchev–Trinajstić information content (AvgIpc) is 2.14. The number of nitrogens with one attached hydrogen (secondary N) is 1. The molecule has 0 unspecified atom stereocenters. The Hall–Kier alpha value is -1.12. The van der Waals surface area contributed by atoms with Crippen LogP contribution in [0, 0.1) is 0 Å². The fraction of sp³-hybridized carbons (Fsp3) is 0.429. The number of aromatic amines is 1. The minimum absolute atomic E-state index is 0.117. The molecule has 0 saturated carbocycles. The first-order valence-corrected chi connectivity index (χ1v) is 6.44. The van der Waals surface area contributed by atoms with Crippen molar-refractivity contribution < 1.29 is 13.2 Å². The second kappa shape index (κ2) is 4.81. The molecule has 0 spiro atoms. The standard InChI is InChI=1S/C7H9ClN2O5S/c1-15-3-2-10-4-5(16(8,13)14)6(11)9-7(10)12/h4H,2-3H2,1H3,(H,9,11,12). The van der Waals surface area contributed by atoms with E-state index in [1.165, 1.54) is 7.11 Å². The molecule has 0 radical (unpaired) electrons. The molecule has 16 heavy (non-hydrogen) atoms. The Labute approximate surface area is 95.0 Å². The number of aromatic nitrogens is 2. The molecule has 0 saturated heterocycles. The van der Waals surface area contributed by atoms with E-state index in [-0.39, 0.29) is 13.2 Å². The van der Waals surface area contributed by atoms with Gasteiger partial charge in [-0.15, -0.1) is 0 Å². The third-order valence-electron chi connectivity index (χ3n) is 1.78. The summed E-state index contributed by atoms with van der Waals surface area (Å²) in [5.41, 5.74) is -1.75. The van der Waals surface area contributed by atoms with E-state index in [1.54, 1.807) is 0 Å². The van der Waals surface area contributed by atoms with Gasteiger partial charge in [0.05, 0.1) is 13.2 Å². The number of rotatable bonds is 4. The molecular formula is C7H9ClN2O5S. The van der Waals surface area contributed by atoms with Crippen molar-refractivity contribution in [3.8, 4) is 0 Å². The Kier molecular flexibility index (Phi) is 3.89. The van der Waals surface area contributed by atoms with Crippen molar-refractivity contribution in [3.05, 3.63) is 27.0 Å². The van der Waals surface area contributed by atoms with Gasteiger partial charge in [-0.2, -0.15) is 0 Å². The van der Waals surface area contributed by atoms with Crippen molar-refractivity contribution in [2.45, 2.75) is 11.4 Å². The van der Waals surface area contributed by atoms with Gasteiger partial charge in [0.25, 0.3) is 14.6 Å². The second-order valence-electron chi connectivity index (χ2n) is 2.88. The smallest absolute Gasteiger partial charge is 0.328 e. The fourth-order valence-corrected chi connectivity index (χ4v) is 1.87. The highest BCUT2D eigenvalue weighted by Gasteiger charge is 2.16. The zero-order valence-electron chi connectivity index (χ0n) is 8.27. The van der Waals surface area contributed by atoms with Crippen LogP contribution in [0.3, 0.4) is 0 Å². The van der Waals surface area contributed by atoms with E-state index in [0.29, 0.717) is 0 Å². The fourth-order valence-electron chi connectivity index (χ4n) is 1.02. The highest BCUT2D eigenvalue weighted by Crippen LogP contribution is 2.07. The Bertz CT molecular complexity index is 588. The van der Waals surface area contributed by atoms with Crippen LogP contribution in [0.1, 0.15) is 0 Å². The summed E-state index contributed by atoms with van der Waals surface area (Å²) in [6, 6.07) is 0. The lowest BCUT2D eigenvalue weighted by Gasteiger charge is -2.04. The van der Waals surface area contributed by atoms with Crippen LogP contribution in [0.4, 0.5) is 0 Å². The molecule has 0 aliphatic rings. The van der Waals surface area contributed by atoms with Crippen LogP contribution in [0.15, 0.2) is 20.7 Å².